The van der Waals surface area contributed by atoms with Gasteiger partial charge in [-0.3, -0.25) is 0 Å². The highest BCUT2D eigenvalue weighted by Gasteiger charge is 2.79. The molecule has 3 aromatic rings. The molecule has 134 valence electrons. The number of hydrogen-bond acceptors (Lipinski definition) is 1. The maximum Gasteiger partial charge on any atom is 0.288 e. The van der Waals surface area contributed by atoms with E-state index in [1.807, 2.05) is 0 Å². The summed E-state index contributed by atoms with van der Waals surface area (Å²) < 4.78 is 2.44. The lowest BCUT2D eigenvalue weighted by molar-refractivity contribution is -0.728. The van der Waals surface area contributed by atoms with Gasteiger partial charge in [-0.25, -0.2) is 4.57 Å². The normalized spacial score (nSPS) is 27.7. The van der Waals surface area contributed by atoms with E-state index in [0.29, 0.717) is 5.92 Å². The van der Waals surface area contributed by atoms with Crippen molar-refractivity contribution in [1.29, 1.82) is 0 Å². The van der Waals surface area contributed by atoms with Crippen LogP contribution in [0.1, 0.15) is 32.8 Å². The summed E-state index contributed by atoms with van der Waals surface area (Å²) in [5.74, 6) is 0.544. The zero-order valence-corrected chi connectivity index (χ0v) is 16.2. The fourth-order valence-electron chi connectivity index (χ4n) is 5.81. The summed E-state index contributed by atoms with van der Waals surface area (Å²) in [5, 5.41) is 0. The zero-order valence-electron chi connectivity index (χ0n) is 16.2. The quantitative estimate of drug-likeness (QED) is 0.462. The molecule has 1 aromatic heterocycles. The van der Waals surface area contributed by atoms with E-state index in [4.69, 9.17) is 4.98 Å². The molecular formula is C25H25N2+. The molecule has 2 heterocycles. The lowest BCUT2D eigenvalue weighted by Gasteiger charge is -2.30. The number of aromatic nitrogens is 2. The monoisotopic (exact) mass is 353 g/mol. The van der Waals surface area contributed by atoms with Gasteiger partial charge in [0, 0.05) is 23.1 Å². The van der Waals surface area contributed by atoms with Gasteiger partial charge in [-0.2, -0.15) is 0 Å². The van der Waals surface area contributed by atoms with Crippen LogP contribution in [0.5, 0.6) is 0 Å². The molecule has 0 spiro atoms. The van der Waals surface area contributed by atoms with Crippen molar-refractivity contribution in [2.75, 3.05) is 0 Å². The average molecular weight is 353 g/mol. The first-order chi connectivity index (χ1) is 13.2. The maximum absolute atomic E-state index is 4.87. The van der Waals surface area contributed by atoms with Gasteiger partial charge in [0.2, 0.25) is 0 Å². The Labute approximate surface area is 161 Å². The van der Waals surface area contributed by atoms with Crippen LogP contribution in [0, 0.1) is 5.92 Å². The molecule has 2 aromatic carbocycles. The first-order valence-electron chi connectivity index (χ1n) is 9.92. The molecular weight excluding hydrogens is 328 g/mol. The number of nitrogens with zero attached hydrogens (tertiary/aromatic N) is 2. The largest absolute Gasteiger partial charge is 0.288 e. The van der Waals surface area contributed by atoms with E-state index in [0.717, 1.165) is 17.7 Å². The molecule has 3 unspecified atom stereocenters. The molecule has 0 amide bonds. The van der Waals surface area contributed by atoms with Crippen molar-refractivity contribution in [2.24, 2.45) is 5.92 Å². The van der Waals surface area contributed by atoms with Gasteiger partial charge in [0.15, 0.2) is 5.69 Å². The number of fused-ring (bicyclic) bond motifs is 6. The zero-order chi connectivity index (χ0) is 18.6. The van der Waals surface area contributed by atoms with Gasteiger partial charge >= 0.3 is 0 Å². The fraction of sp³-hybridized carbons (Fsp3) is 0.280. The highest BCUT2D eigenvalue weighted by Crippen LogP contribution is 2.70. The third-order valence-electron chi connectivity index (χ3n) is 7.01. The van der Waals surface area contributed by atoms with Crippen LogP contribution in [0.3, 0.4) is 0 Å². The summed E-state index contributed by atoms with van der Waals surface area (Å²) >= 11 is 0. The lowest BCUT2D eigenvalue weighted by Crippen LogP contribution is -2.54. The van der Waals surface area contributed by atoms with E-state index in [1.165, 1.54) is 16.8 Å². The van der Waals surface area contributed by atoms with Crippen LogP contribution in [0.2, 0.25) is 0 Å². The van der Waals surface area contributed by atoms with E-state index in [-0.39, 0.29) is 11.0 Å². The van der Waals surface area contributed by atoms with E-state index in [1.54, 1.807) is 0 Å². The first kappa shape index (κ1) is 16.4. The third kappa shape index (κ3) is 1.86. The minimum Gasteiger partial charge on any atom is -0.220 e. The van der Waals surface area contributed by atoms with Crippen molar-refractivity contribution in [3.05, 3.63) is 84.7 Å². The smallest absolute Gasteiger partial charge is 0.220 e. The summed E-state index contributed by atoms with van der Waals surface area (Å²) in [6.07, 6.45) is 7.82. The van der Waals surface area contributed by atoms with Crippen molar-refractivity contribution in [1.82, 2.24) is 4.98 Å². The van der Waals surface area contributed by atoms with Crippen molar-refractivity contribution in [2.45, 2.75) is 38.1 Å². The standard InChI is InChI=1S/C25H25N2/c1-4-15-25-18(3)24(25,5-2)21-14-10-9-13-20(21)23-16-22(26-17-27(23)25)19-11-7-6-8-12-19/h4,6-18H,5H2,1-3H3/q+1. The molecule has 0 N–H and O–H groups in total. The van der Waals surface area contributed by atoms with Crippen molar-refractivity contribution < 1.29 is 4.57 Å². The molecule has 2 nitrogen and oxygen atoms in total. The second-order valence-electron chi connectivity index (χ2n) is 7.81. The topological polar surface area (TPSA) is 16.8 Å². The molecule has 1 aliphatic carbocycles. The Morgan fingerprint density at radius 1 is 1.07 bits per heavy atom. The Balaban J connectivity index is 1.82. The summed E-state index contributed by atoms with van der Waals surface area (Å²) in [4.78, 5) is 4.87. The summed E-state index contributed by atoms with van der Waals surface area (Å²) in [5.41, 5.74) is 6.45. The van der Waals surface area contributed by atoms with Gasteiger partial charge in [-0.05, 0) is 30.0 Å². The van der Waals surface area contributed by atoms with Gasteiger partial charge in [0.25, 0.3) is 6.33 Å². The molecule has 1 saturated carbocycles. The average Bonchev–Trinajstić information content (AvgIpc) is 3.28. The molecule has 1 aliphatic heterocycles. The van der Waals surface area contributed by atoms with Crippen LogP contribution in [-0.2, 0) is 11.0 Å². The third-order valence-corrected chi connectivity index (χ3v) is 7.01. The minimum absolute atomic E-state index is 0.0115. The predicted octanol–water partition coefficient (Wildman–Crippen LogP) is 5.29. The summed E-state index contributed by atoms with van der Waals surface area (Å²) in [7, 11) is 0. The van der Waals surface area contributed by atoms with Gasteiger partial charge in [0.05, 0.1) is 5.41 Å². The molecule has 1 fully saturated rings. The van der Waals surface area contributed by atoms with Crippen LogP contribution in [-0.4, -0.2) is 4.98 Å². The molecule has 0 bridgehead atoms. The highest BCUT2D eigenvalue weighted by atomic mass is 15.2. The second kappa shape index (κ2) is 5.63. The van der Waals surface area contributed by atoms with E-state index in [2.05, 4.69) is 104 Å². The Morgan fingerprint density at radius 3 is 2.56 bits per heavy atom. The van der Waals surface area contributed by atoms with E-state index >= 15 is 0 Å². The van der Waals surface area contributed by atoms with Gasteiger partial charge < -0.3 is 0 Å². The Kier molecular flexibility index (Phi) is 3.42. The second-order valence-corrected chi connectivity index (χ2v) is 7.81. The lowest BCUT2D eigenvalue weighted by atomic mass is 9.80. The van der Waals surface area contributed by atoms with Crippen LogP contribution >= 0.6 is 0 Å². The van der Waals surface area contributed by atoms with E-state index < -0.39 is 0 Å². The van der Waals surface area contributed by atoms with Gasteiger partial charge in [-0.1, -0.05) is 74.5 Å². The number of allylic oxidation sites excluding steroid dienone is 2. The van der Waals surface area contributed by atoms with Crippen molar-refractivity contribution in [3.63, 3.8) is 0 Å². The van der Waals surface area contributed by atoms with Gasteiger partial charge in [-0.15, -0.1) is 0 Å². The SMILES string of the molecule is CC=CC12C(C)C1(CC)c1ccccc1-c1cc(-c3ccccc3)nc[n+]12. The molecule has 27 heavy (non-hydrogen) atoms. The molecule has 2 aliphatic rings. The molecule has 0 radical (unpaired) electrons. The molecule has 2 heteroatoms. The predicted molar refractivity (Wildman–Crippen MR) is 109 cm³/mol. The minimum atomic E-state index is -0.0115. The van der Waals surface area contributed by atoms with Crippen LogP contribution in [0.15, 0.2) is 79.1 Å². The van der Waals surface area contributed by atoms with E-state index in [9.17, 15) is 0 Å². The van der Waals surface area contributed by atoms with Crippen LogP contribution in [0.4, 0.5) is 0 Å². The molecule has 3 atom stereocenters. The number of hydrogen-bond donors (Lipinski definition) is 0. The van der Waals surface area contributed by atoms with Crippen LogP contribution < -0.4 is 4.57 Å². The first-order valence-corrected chi connectivity index (χ1v) is 9.92. The maximum atomic E-state index is 4.87. The number of rotatable bonds is 3. The van der Waals surface area contributed by atoms with Gasteiger partial charge in [0.1, 0.15) is 11.2 Å². The molecule has 5 rings (SSSR count). The Morgan fingerprint density at radius 2 is 1.81 bits per heavy atom. The Hall–Kier alpha value is -2.74. The van der Waals surface area contributed by atoms with Crippen molar-refractivity contribution >= 4 is 0 Å². The van der Waals surface area contributed by atoms with Crippen molar-refractivity contribution in [3.8, 4) is 22.5 Å². The summed E-state index contributed by atoms with van der Waals surface area (Å²) in [6, 6.07) is 21.7. The highest BCUT2D eigenvalue weighted by molar-refractivity contribution is 5.72. The molecule has 0 saturated heterocycles. The van der Waals surface area contributed by atoms with Crippen LogP contribution in [0.25, 0.3) is 22.5 Å². The Bertz CT molecular complexity index is 1050. The number of benzene rings is 2. The fourth-order valence-corrected chi connectivity index (χ4v) is 5.81. The summed E-state index contributed by atoms with van der Waals surface area (Å²) in [6.45, 7) is 6.86.